The molecule has 0 heterocycles. The molecule has 0 aliphatic rings. The lowest BCUT2D eigenvalue weighted by Gasteiger charge is -2.09. The Hall–Kier alpha value is -2.53. The van der Waals surface area contributed by atoms with Crippen molar-refractivity contribution in [2.24, 2.45) is 10.1 Å². The van der Waals surface area contributed by atoms with Gasteiger partial charge in [-0.15, -0.1) is 4.99 Å². The van der Waals surface area contributed by atoms with Crippen molar-refractivity contribution in [2.75, 3.05) is 7.11 Å². The van der Waals surface area contributed by atoms with Crippen LogP contribution in [-0.4, -0.2) is 19.2 Å². The Labute approximate surface area is 104 Å². The third-order valence-electron chi connectivity index (χ3n) is 2.09. The summed E-state index contributed by atoms with van der Waals surface area (Å²) in [5, 5.41) is 3.20. The van der Waals surface area contributed by atoms with Crippen LogP contribution in [-0.2, 0) is 4.74 Å². The predicted octanol–water partition coefficient (Wildman–Crippen LogP) is 3.11. The van der Waals surface area contributed by atoms with Crippen molar-refractivity contribution >= 4 is 12.1 Å². The Balaban J connectivity index is 3.08. The highest BCUT2D eigenvalue weighted by atomic mass is 16.5. The highest BCUT2D eigenvalue weighted by molar-refractivity contribution is 5.88. The van der Waals surface area contributed by atoms with Gasteiger partial charge in [-0.25, -0.2) is 4.79 Å². The van der Waals surface area contributed by atoms with E-state index in [1.54, 1.807) is 0 Å². The number of amides is 1. The van der Waals surface area contributed by atoms with E-state index < -0.39 is 12.1 Å². The minimum Gasteiger partial charge on any atom is -0.451 e. The molecule has 0 N–H and O–H groups in total. The van der Waals surface area contributed by atoms with Crippen molar-refractivity contribution in [3.05, 3.63) is 39.8 Å². The van der Waals surface area contributed by atoms with Gasteiger partial charge in [0.05, 0.1) is 7.11 Å². The Morgan fingerprint density at radius 2 is 1.94 bits per heavy atom. The highest BCUT2D eigenvalue weighted by Gasteiger charge is 2.09. The number of amidine groups is 1. The zero-order valence-electron chi connectivity index (χ0n) is 10.2. The molecule has 7 nitrogen and oxygen atoms in total. The molecule has 0 bridgehead atoms. The van der Waals surface area contributed by atoms with Crippen LogP contribution in [0.1, 0.15) is 11.1 Å². The number of hydrogen-bond donors (Lipinski definition) is 0. The van der Waals surface area contributed by atoms with Crippen molar-refractivity contribution in [1.82, 2.24) is 0 Å². The van der Waals surface area contributed by atoms with Gasteiger partial charge in [0.15, 0.2) is 0 Å². The second-order valence-electron chi connectivity index (χ2n) is 3.38. The van der Waals surface area contributed by atoms with Crippen molar-refractivity contribution in [2.45, 2.75) is 13.8 Å². The quantitative estimate of drug-likeness (QED) is 0.251. The first-order chi connectivity index (χ1) is 8.58. The molecule has 0 radical (unpaired) electrons. The predicted molar refractivity (Wildman–Crippen MR) is 65.5 cm³/mol. The second kappa shape index (κ2) is 6.27. The van der Waals surface area contributed by atoms with Gasteiger partial charge in [-0.1, -0.05) is 18.2 Å². The molecule has 0 saturated carbocycles. The number of carbonyl (C=O) groups is 1. The summed E-state index contributed by atoms with van der Waals surface area (Å²) in [5.74, 6) is 0.493. The first kappa shape index (κ1) is 13.5. The van der Waals surface area contributed by atoms with Crippen molar-refractivity contribution in [3.8, 4) is 5.75 Å². The van der Waals surface area contributed by atoms with E-state index in [2.05, 4.69) is 19.8 Å². The van der Waals surface area contributed by atoms with Crippen LogP contribution in [0, 0.1) is 13.8 Å². The molecule has 0 saturated heterocycles. The van der Waals surface area contributed by atoms with E-state index in [0.717, 1.165) is 11.1 Å². The molecule has 0 fully saturated rings. The van der Waals surface area contributed by atoms with Crippen LogP contribution in [0.5, 0.6) is 5.75 Å². The molecule has 7 heteroatoms. The molecule has 0 aromatic heterocycles. The van der Waals surface area contributed by atoms with Gasteiger partial charge in [-0.2, -0.15) is 0 Å². The first-order valence-corrected chi connectivity index (χ1v) is 5.04. The maximum Gasteiger partial charge on any atom is 0.436 e. The number of rotatable bonds is 1. The molecule has 0 aliphatic carbocycles. The normalized spacial score (nSPS) is 10.5. The second-order valence-corrected chi connectivity index (χ2v) is 3.38. The molecule has 18 heavy (non-hydrogen) atoms. The third kappa shape index (κ3) is 3.50. The van der Waals surface area contributed by atoms with E-state index in [4.69, 9.17) is 10.3 Å². The van der Waals surface area contributed by atoms with Gasteiger partial charge in [0, 0.05) is 4.91 Å². The average molecular weight is 248 g/mol. The third-order valence-corrected chi connectivity index (χ3v) is 2.09. The Morgan fingerprint density at radius 3 is 2.44 bits per heavy atom. The van der Waals surface area contributed by atoms with E-state index in [0.29, 0.717) is 5.75 Å². The molecule has 0 unspecified atom stereocenters. The molecule has 1 aromatic carbocycles. The van der Waals surface area contributed by atoms with Gasteiger partial charge >= 0.3 is 6.09 Å². The summed E-state index contributed by atoms with van der Waals surface area (Å²) in [7, 11) is 1.17. The lowest BCUT2D eigenvalue weighted by molar-refractivity contribution is 0.182. The van der Waals surface area contributed by atoms with Crippen molar-refractivity contribution in [1.29, 1.82) is 0 Å². The number of nitrogens with zero attached hydrogens (tertiary/aromatic N) is 4. The topological polar surface area (TPSA) is 96.7 Å². The van der Waals surface area contributed by atoms with Gasteiger partial charge in [0.2, 0.25) is 0 Å². The van der Waals surface area contributed by atoms with Gasteiger partial charge < -0.3 is 9.47 Å². The number of ether oxygens (including phenoxy) is 2. The van der Waals surface area contributed by atoms with E-state index >= 15 is 0 Å². The number of methoxy groups -OCH3 is 1. The minimum absolute atomic E-state index is 0.401. The van der Waals surface area contributed by atoms with E-state index in [-0.39, 0.29) is 0 Å². The fourth-order valence-electron chi connectivity index (χ4n) is 1.28. The fraction of sp³-hybridized carbons (Fsp3) is 0.273. The van der Waals surface area contributed by atoms with Crippen LogP contribution in [0.15, 0.2) is 28.3 Å². The molecule has 94 valence electrons. The minimum atomic E-state index is -0.899. The SMILES string of the molecule is COC(=O)/N=C(\N=[N+]=[N-])Oc1c(C)cccc1C. The van der Waals surface area contributed by atoms with E-state index in [1.807, 2.05) is 32.0 Å². The lowest BCUT2D eigenvalue weighted by Crippen LogP contribution is -2.10. The fourth-order valence-corrected chi connectivity index (χ4v) is 1.28. The van der Waals surface area contributed by atoms with Crippen LogP contribution in [0.4, 0.5) is 4.79 Å². The molecular formula is C11H12N4O3. The summed E-state index contributed by atoms with van der Waals surface area (Å²) in [6, 6.07) is 5.12. The Morgan fingerprint density at radius 1 is 1.33 bits per heavy atom. The van der Waals surface area contributed by atoms with Gasteiger partial charge in [0.1, 0.15) is 5.75 Å². The van der Waals surface area contributed by atoms with Crippen LogP contribution < -0.4 is 4.74 Å². The average Bonchev–Trinajstić information content (AvgIpc) is 2.34. The van der Waals surface area contributed by atoms with Gasteiger partial charge in [-0.3, -0.25) is 0 Å². The van der Waals surface area contributed by atoms with Gasteiger partial charge in [-0.05, 0) is 35.6 Å². The lowest BCUT2D eigenvalue weighted by atomic mass is 10.1. The zero-order chi connectivity index (χ0) is 13.5. The van der Waals surface area contributed by atoms with E-state index in [1.165, 1.54) is 7.11 Å². The maximum absolute atomic E-state index is 11.0. The largest absolute Gasteiger partial charge is 0.451 e. The standard InChI is InChI=1S/C11H12N4O3/c1-7-5-4-6-8(2)9(7)18-10(14-15-12)13-11(16)17-3/h4-6H,1-3H3/b13-10+. The molecule has 0 aliphatic heterocycles. The zero-order valence-corrected chi connectivity index (χ0v) is 10.2. The smallest absolute Gasteiger partial charge is 0.436 e. The monoisotopic (exact) mass is 248 g/mol. The number of hydrogen-bond acceptors (Lipinski definition) is 3. The first-order valence-electron chi connectivity index (χ1n) is 5.04. The maximum atomic E-state index is 11.0. The highest BCUT2D eigenvalue weighted by Crippen LogP contribution is 2.22. The Bertz CT molecular complexity index is 513. The number of azide groups is 1. The van der Waals surface area contributed by atoms with Crippen LogP contribution in [0.2, 0.25) is 0 Å². The van der Waals surface area contributed by atoms with E-state index in [9.17, 15) is 4.79 Å². The summed E-state index contributed by atoms with van der Waals surface area (Å²) in [4.78, 5) is 16.9. The summed E-state index contributed by atoms with van der Waals surface area (Å²) < 4.78 is 9.65. The molecule has 1 amide bonds. The Kier molecular flexibility index (Phi) is 4.71. The molecule has 1 rings (SSSR count). The molecule has 1 aromatic rings. The summed E-state index contributed by atoms with van der Waals surface area (Å²) in [6.07, 6.45) is -0.899. The number of para-hydroxylation sites is 1. The molecule has 0 atom stereocenters. The summed E-state index contributed by atoms with van der Waals surface area (Å²) in [5.41, 5.74) is 10.1. The number of benzene rings is 1. The number of aryl methyl sites for hydroxylation is 2. The van der Waals surface area contributed by atoms with Crippen molar-refractivity contribution < 1.29 is 14.3 Å². The molecular weight excluding hydrogens is 236 g/mol. The molecule has 0 spiro atoms. The number of aliphatic imine (C=N–C) groups is 1. The summed E-state index contributed by atoms with van der Waals surface area (Å²) >= 11 is 0. The van der Waals surface area contributed by atoms with Crippen molar-refractivity contribution in [3.63, 3.8) is 0 Å². The van der Waals surface area contributed by atoms with Crippen LogP contribution in [0.25, 0.3) is 10.4 Å². The van der Waals surface area contributed by atoms with Crippen LogP contribution >= 0.6 is 0 Å². The summed E-state index contributed by atoms with van der Waals surface area (Å²) in [6.45, 7) is 3.66. The van der Waals surface area contributed by atoms with Crippen LogP contribution in [0.3, 0.4) is 0 Å². The number of carbonyl (C=O) groups excluding carboxylic acids is 1. The van der Waals surface area contributed by atoms with Gasteiger partial charge in [0.25, 0.3) is 6.02 Å².